The molecule has 0 fully saturated rings. The first-order valence-electron chi connectivity index (χ1n) is 6.95. The standard InChI is InChI=1S/C16H22FNO3/c1-6-16(4,5)18-15(20)11(3)21-14-9-12(17)7-8-13(14)10(2)19/h7-9,11H,6H2,1-5H3,(H,18,20). The summed E-state index contributed by atoms with van der Waals surface area (Å²) in [4.78, 5) is 23.6. The van der Waals surface area contributed by atoms with Crippen molar-refractivity contribution in [2.75, 3.05) is 0 Å². The fourth-order valence-corrected chi connectivity index (χ4v) is 1.65. The Bertz CT molecular complexity index is 540. The second kappa shape index (κ2) is 6.70. The minimum atomic E-state index is -0.823. The van der Waals surface area contributed by atoms with E-state index in [-0.39, 0.29) is 28.5 Å². The van der Waals surface area contributed by atoms with Gasteiger partial charge in [0.15, 0.2) is 11.9 Å². The third-order valence-electron chi connectivity index (χ3n) is 3.34. The molecule has 0 radical (unpaired) electrons. The summed E-state index contributed by atoms with van der Waals surface area (Å²) in [5.41, 5.74) is -0.0918. The summed E-state index contributed by atoms with van der Waals surface area (Å²) in [5, 5.41) is 2.85. The predicted octanol–water partition coefficient (Wildman–Crippen LogP) is 3.10. The lowest BCUT2D eigenvalue weighted by Gasteiger charge is -2.26. The molecule has 0 aromatic heterocycles. The summed E-state index contributed by atoms with van der Waals surface area (Å²) in [6.45, 7) is 8.70. The van der Waals surface area contributed by atoms with Gasteiger partial charge in [0.1, 0.15) is 11.6 Å². The van der Waals surface area contributed by atoms with Gasteiger partial charge in [-0.05, 0) is 46.2 Å². The number of Topliss-reactive ketones (excluding diaryl/α,β-unsaturated/α-hetero) is 1. The molecular weight excluding hydrogens is 273 g/mol. The summed E-state index contributed by atoms with van der Waals surface area (Å²) >= 11 is 0. The van der Waals surface area contributed by atoms with E-state index >= 15 is 0 Å². The van der Waals surface area contributed by atoms with Crippen LogP contribution in [0.5, 0.6) is 5.75 Å². The molecule has 116 valence electrons. The van der Waals surface area contributed by atoms with E-state index in [1.807, 2.05) is 20.8 Å². The van der Waals surface area contributed by atoms with Crippen LogP contribution in [-0.4, -0.2) is 23.3 Å². The van der Waals surface area contributed by atoms with Gasteiger partial charge in [0.05, 0.1) is 5.56 Å². The average molecular weight is 295 g/mol. The number of carbonyl (C=O) groups excluding carboxylic acids is 2. The Kier molecular flexibility index (Phi) is 5.47. The maximum absolute atomic E-state index is 13.3. The van der Waals surface area contributed by atoms with Crippen LogP contribution in [0.15, 0.2) is 18.2 Å². The van der Waals surface area contributed by atoms with Crippen molar-refractivity contribution in [3.63, 3.8) is 0 Å². The third kappa shape index (κ3) is 4.85. The molecule has 1 N–H and O–H groups in total. The van der Waals surface area contributed by atoms with E-state index in [1.165, 1.54) is 19.1 Å². The predicted molar refractivity (Wildman–Crippen MR) is 79.0 cm³/mol. The van der Waals surface area contributed by atoms with E-state index in [2.05, 4.69) is 5.32 Å². The van der Waals surface area contributed by atoms with Gasteiger partial charge < -0.3 is 10.1 Å². The molecule has 0 saturated carbocycles. The monoisotopic (exact) mass is 295 g/mol. The molecule has 1 atom stereocenters. The Balaban J connectivity index is 2.88. The highest BCUT2D eigenvalue weighted by atomic mass is 19.1. The Morgan fingerprint density at radius 1 is 1.38 bits per heavy atom. The van der Waals surface area contributed by atoms with Crippen molar-refractivity contribution in [2.24, 2.45) is 0 Å². The Hall–Kier alpha value is -1.91. The summed E-state index contributed by atoms with van der Waals surface area (Å²) in [6.07, 6.45) is -0.0554. The number of halogens is 1. The van der Waals surface area contributed by atoms with E-state index in [1.54, 1.807) is 6.92 Å². The summed E-state index contributed by atoms with van der Waals surface area (Å²) in [5.74, 6) is -0.983. The van der Waals surface area contributed by atoms with Crippen molar-refractivity contribution in [2.45, 2.75) is 52.7 Å². The minimum absolute atomic E-state index is 0.0828. The molecule has 0 aliphatic rings. The van der Waals surface area contributed by atoms with Crippen LogP contribution in [0.3, 0.4) is 0 Å². The zero-order valence-corrected chi connectivity index (χ0v) is 13.1. The first kappa shape index (κ1) is 17.1. The lowest BCUT2D eigenvalue weighted by Crippen LogP contribution is -2.48. The van der Waals surface area contributed by atoms with Crippen LogP contribution >= 0.6 is 0 Å². The first-order valence-corrected chi connectivity index (χ1v) is 6.95. The SMILES string of the molecule is CCC(C)(C)NC(=O)C(C)Oc1cc(F)ccc1C(C)=O. The van der Waals surface area contributed by atoms with Crippen molar-refractivity contribution >= 4 is 11.7 Å². The topological polar surface area (TPSA) is 55.4 Å². The highest BCUT2D eigenvalue weighted by Crippen LogP contribution is 2.22. The summed E-state index contributed by atoms with van der Waals surface area (Å²) in [7, 11) is 0. The third-order valence-corrected chi connectivity index (χ3v) is 3.34. The fourth-order valence-electron chi connectivity index (χ4n) is 1.65. The average Bonchev–Trinajstić information content (AvgIpc) is 2.37. The van der Waals surface area contributed by atoms with Crippen LogP contribution in [0.25, 0.3) is 0 Å². The van der Waals surface area contributed by atoms with Crippen molar-refractivity contribution < 1.29 is 18.7 Å². The van der Waals surface area contributed by atoms with Gasteiger partial charge in [-0.1, -0.05) is 6.92 Å². The normalized spacial score (nSPS) is 12.7. The van der Waals surface area contributed by atoms with E-state index in [4.69, 9.17) is 4.74 Å². The molecule has 1 unspecified atom stereocenters. The summed E-state index contributed by atoms with van der Waals surface area (Å²) in [6, 6.07) is 3.66. The molecule has 5 heteroatoms. The zero-order valence-electron chi connectivity index (χ0n) is 13.1. The van der Waals surface area contributed by atoms with Gasteiger partial charge >= 0.3 is 0 Å². The zero-order chi connectivity index (χ0) is 16.2. The van der Waals surface area contributed by atoms with E-state index in [0.29, 0.717) is 0 Å². The molecule has 1 aromatic rings. The van der Waals surface area contributed by atoms with Crippen molar-refractivity contribution in [3.05, 3.63) is 29.6 Å². The first-order chi connectivity index (χ1) is 9.66. The number of ketones is 1. The Labute approximate surface area is 124 Å². The van der Waals surface area contributed by atoms with Crippen LogP contribution in [0.4, 0.5) is 4.39 Å². The molecule has 0 bridgehead atoms. The van der Waals surface area contributed by atoms with Crippen LogP contribution in [0, 0.1) is 5.82 Å². The maximum atomic E-state index is 13.3. The minimum Gasteiger partial charge on any atom is -0.480 e. The molecule has 4 nitrogen and oxygen atoms in total. The van der Waals surface area contributed by atoms with Gasteiger partial charge in [0.25, 0.3) is 5.91 Å². The van der Waals surface area contributed by atoms with E-state index in [9.17, 15) is 14.0 Å². The quantitative estimate of drug-likeness (QED) is 0.820. The lowest BCUT2D eigenvalue weighted by atomic mass is 10.0. The number of carbonyl (C=O) groups is 2. The number of amides is 1. The number of rotatable bonds is 6. The Morgan fingerprint density at radius 2 is 2.00 bits per heavy atom. The fraction of sp³-hybridized carbons (Fsp3) is 0.500. The van der Waals surface area contributed by atoms with Gasteiger partial charge in [-0.15, -0.1) is 0 Å². The number of benzene rings is 1. The molecule has 0 saturated heterocycles. The summed E-state index contributed by atoms with van der Waals surface area (Å²) < 4.78 is 18.8. The maximum Gasteiger partial charge on any atom is 0.261 e. The highest BCUT2D eigenvalue weighted by molar-refractivity contribution is 5.97. The molecule has 21 heavy (non-hydrogen) atoms. The number of ether oxygens (including phenoxy) is 1. The van der Waals surface area contributed by atoms with Gasteiger partial charge in [-0.25, -0.2) is 4.39 Å². The molecule has 1 rings (SSSR count). The largest absolute Gasteiger partial charge is 0.480 e. The van der Waals surface area contributed by atoms with E-state index < -0.39 is 11.9 Å². The highest BCUT2D eigenvalue weighted by Gasteiger charge is 2.24. The molecule has 0 heterocycles. The van der Waals surface area contributed by atoms with Gasteiger partial charge in [-0.3, -0.25) is 9.59 Å². The molecule has 1 aromatic carbocycles. The molecule has 0 aliphatic heterocycles. The smallest absolute Gasteiger partial charge is 0.261 e. The van der Waals surface area contributed by atoms with Gasteiger partial charge in [-0.2, -0.15) is 0 Å². The second-order valence-electron chi connectivity index (χ2n) is 5.68. The van der Waals surface area contributed by atoms with Crippen molar-refractivity contribution in [3.8, 4) is 5.75 Å². The van der Waals surface area contributed by atoms with Crippen LogP contribution in [0.2, 0.25) is 0 Å². The van der Waals surface area contributed by atoms with E-state index in [0.717, 1.165) is 12.5 Å². The van der Waals surface area contributed by atoms with Gasteiger partial charge in [0.2, 0.25) is 0 Å². The number of hydrogen-bond donors (Lipinski definition) is 1. The lowest BCUT2D eigenvalue weighted by molar-refractivity contribution is -0.129. The molecule has 1 amide bonds. The molecule has 0 aliphatic carbocycles. The molecule has 0 spiro atoms. The van der Waals surface area contributed by atoms with Crippen LogP contribution in [0.1, 0.15) is 51.4 Å². The van der Waals surface area contributed by atoms with Crippen molar-refractivity contribution in [1.29, 1.82) is 0 Å². The Morgan fingerprint density at radius 3 is 2.52 bits per heavy atom. The van der Waals surface area contributed by atoms with Crippen molar-refractivity contribution in [1.82, 2.24) is 5.32 Å². The second-order valence-corrected chi connectivity index (χ2v) is 5.68. The number of nitrogens with one attached hydrogen (secondary N) is 1. The molecular formula is C16H22FNO3. The number of hydrogen-bond acceptors (Lipinski definition) is 3. The van der Waals surface area contributed by atoms with Crippen LogP contribution in [-0.2, 0) is 4.79 Å². The van der Waals surface area contributed by atoms with Crippen LogP contribution < -0.4 is 10.1 Å². The van der Waals surface area contributed by atoms with Gasteiger partial charge in [0, 0.05) is 11.6 Å².